The van der Waals surface area contributed by atoms with Gasteiger partial charge < -0.3 is 10.1 Å². The van der Waals surface area contributed by atoms with E-state index in [1.165, 1.54) is 0 Å². The van der Waals surface area contributed by atoms with Gasteiger partial charge in [0.2, 0.25) is 0 Å². The zero-order valence-corrected chi connectivity index (χ0v) is 11.1. The highest BCUT2D eigenvalue weighted by atomic mass is 16.5. The maximum atomic E-state index is 11.9. The highest BCUT2D eigenvalue weighted by molar-refractivity contribution is 5.96. The van der Waals surface area contributed by atoms with Crippen LogP contribution in [-0.2, 0) is 0 Å². The van der Waals surface area contributed by atoms with E-state index in [0.717, 1.165) is 41.8 Å². The molecule has 0 aliphatic heterocycles. The minimum absolute atomic E-state index is 0.00158. The topological polar surface area (TPSA) is 38.3 Å². The third-order valence-corrected chi connectivity index (χ3v) is 2.80. The predicted molar refractivity (Wildman–Crippen MR) is 69.7 cm³/mol. The number of ether oxygens (including phenoxy) is 1. The molecule has 1 rings (SSSR count). The first-order valence-electron chi connectivity index (χ1n) is 6.03. The van der Waals surface area contributed by atoms with E-state index < -0.39 is 0 Å². The van der Waals surface area contributed by atoms with Crippen LogP contribution in [0.2, 0.25) is 0 Å². The van der Waals surface area contributed by atoms with Crippen molar-refractivity contribution in [1.82, 2.24) is 5.32 Å². The Morgan fingerprint density at radius 1 is 1.29 bits per heavy atom. The highest BCUT2D eigenvalue weighted by Crippen LogP contribution is 2.22. The molecule has 1 N–H and O–H groups in total. The lowest BCUT2D eigenvalue weighted by molar-refractivity contribution is 0.0952. The molecular formula is C14H21NO2. The molecule has 1 aromatic rings. The molecule has 17 heavy (non-hydrogen) atoms. The molecule has 0 spiro atoms. The van der Waals surface area contributed by atoms with Crippen LogP contribution in [0.15, 0.2) is 12.1 Å². The first kappa shape index (κ1) is 13.6. The summed E-state index contributed by atoms with van der Waals surface area (Å²) in [7, 11) is 1.64. The number of methoxy groups -OCH3 is 1. The standard InChI is InChI=1S/C14H21NO2/c1-5-6-7-15-14(16)12-8-11(3)13(17-4)9-10(12)2/h8-9H,5-7H2,1-4H3,(H,15,16). The minimum atomic E-state index is 0.00158. The molecule has 0 radical (unpaired) electrons. The summed E-state index contributed by atoms with van der Waals surface area (Å²) in [5, 5.41) is 2.93. The number of carbonyl (C=O) groups is 1. The SMILES string of the molecule is CCCCNC(=O)c1cc(C)c(OC)cc1C. The molecule has 0 aliphatic rings. The molecule has 0 fully saturated rings. The van der Waals surface area contributed by atoms with E-state index in [4.69, 9.17) is 4.74 Å². The molecule has 0 aliphatic carbocycles. The normalized spacial score (nSPS) is 10.1. The summed E-state index contributed by atoms with van der Waals surface area (Å²) in [6.45, 7) is 6.71. The average Bonchev–Trinajstić information content (AvgIpc) is 2.31. The second-order valence-corrected chi connectivity index (χ2v) is 4.25. The van der Waals surface area contributed by atoms with Gasteiger partial charge in [0.15, 0.2) is 0 Å². The van der Waals surface area contributed by atoms with Gasteiger partial charge in [-0.15, -0.1) is 0 Å². The van der Waals surface area contributed by atoms with Crippen molar-refractivity contribution in [1.29, 1.82) is 0 Å². The molecule has 1 aromatic carbocycles. The van der Waals surface area contributed by atoms with Crippen LogP contribution in [0.4, 0.5) is 0 Å². The van der Waals surface area contributed by atoms with E-state index in [-0.39, 0.29) is 5.91 Å². The fraction of sp³-hybridized carbons (Fsp3) is 0.500. The fourth-order valence-electron chi connectivity index (χ4n) is 1.73. The molecule has 94 valence electrons. The van der Waals surface area contributed by atoms with Crippen molar-refractivity contribution in [3.05, 3.63) is 28.8 Å². The second kappa shape index (κ2) is 6.28. The van der Waals surface area contributed by atoms with E-state index in [1.54, 1.807) is 7.11 Å². The summed E-state index contributed by atoms with van der Waals surface area (Å²) in [6.07, 6.45) is 2.10. The maximum absolute atomic E-state index is 11.9. The van der Waals surface area contributed by atoms with E-state index in [0.29, 0.717) is 0 Å². The van der Waals surface area contributed by atoms with Gasteiger partial charge in [-0.05, 0) is 43.5 Å². The third kappa shape index (κ3) is 3.48. The molecule has 0 heterocycles. The largest absolute Gasteiger partial charge is 0.496 e. The lowest BCUT2D eigenvalue weighted by Crippen LogP contribution is -2.25. The summed E-state index contributed by atoms with van der Waals surface area (Å²) in [6, 6.07) is 3.79. The molecule has 0 saturated carbocycles. The van der Waals surface area contributed by atoms with Gasteiger partial charge in [-0.25, -0.2) is 0 Å². The Morgan fingerprint density at radius 3 is 2.59 bits per heavy atom. The number of unbranched alkanes of at least 4 members (excludes halogenated alkanes) is 1. The number of carbonyl (C=O) groups excluding carboxylic acids is 1. The van der Waals surface area contributed by atoms with Gasteiger partial charge in [-0.1, -0.05) is 13.3 Å². The Bertz CT molecular complexity index is 399. The first-order valence-corrected chi connectivity index (χ1v) is 6.03. The van der Waals surface area contributed by atoms with Gasteiger partial charge >= 0.3 is 0 Å². The summed E-state index contributed by atoms with van der Waals surface area (Å²) >= 11 is 0. The number of benzene rings is 1. The van der Waals surface area contributed by atoms with Crippen molar-refractivity contribution in [2.75, 3.05) is 13.7 Å². The smallest absolute Gasteiger partial charge is 0.251 e. The van der Waals surface area contributed by atoms with Gasteiger partial charge in [-0.3, -0.25) is 4.79 Å². The van der Waals surface area contributed by atoms with Crippen molar-refractivity contribution in [3.63, 3.8) is 0 Å². The molecule has 0 unspecified atom stereocenters. The van der Waals surface area contributed by atoms with Crippen LogP contribution < -0.4 is 10.1 Å². The van der Waals surface area contributed by atoms with Crippen LogP contribution in [0.25, 0.3) is 0 Å². The monoisotopic (exact) mass is 235 g/mol. The number of rotatable bonds is 5. The average molecular weight is 235 g/mol. The quantitative estimate of drug-likeness (QED) is 0.797. The molecule has 1 amide bonds. The Kier molecular flexibility index (Phi) is 5.01. The van der Waals surface area contributed by atoms with Crippen molar-refractivity contribution >= 4 is 5.91 Å². The lowest BCUT2D eigenvalue weighted by atomic mass is 10.0. The molecule has 0 atom stereocenters. The number of nitrogens with one attached hydrogen (secondary N) is 1. The second-order valence-electron chi connectivity index (χ2n) is 4.25. The highest BCUT2D eigenvalue weighted by Gasteiger charge is 2.11. The number of hydrogen-bond donors (Lipinski definition) is 1. The zero-order chi connectivity index (χ0) is 12.8. The molecule has 0 saturated heterocycles. The lowest BCUT2D eigenvalue weighted by Gasteiger charge is -2.11. The van der Waals surface area contributed by atoms with Crippen LogP contribution in [0.1, 0.15) is 41.3 Å². The number of aryl methyl sites for hydroxylation is 2. The van der Waals surface area contributed by atoms with E-state index in [1.807, 2.05) is 26.0 Å². The van der Waals surface area contributed by atoms with Crippen LogP contribution in [0.5, 0.6) is 5.75 Å². The summed E-state index contributed by atoms with van der Waals surface area (Å²) < 4.78 is 5.23. The summed E-state index contributed by atoms with van der Waals surface area (Å²) in [4.78, 5) is 11.9. The van der Waals surface area contributed by atoms with Crippen molar-refractivity contribution in [3.8, 4) is 5.75 Å². The summed E-state index contributed by atoms with van der Waals surface area (Å²) in [5.74, 6) is 0.828. The van der Waals surface area contributed by atoms with E-state index in [2.05, 4.69) is 12.2 Å². The Hall–Kier alpha value is -1.51. The van der Waals surface area contributed by atoms with Gasteiger partial charge in [0.25, 0.3) is 5.91 Å². The van der Waals surface area contributed by atoms with Crippen molar-refractivity contribution in [2.24, 2.45) is 0 Å². The predicted octanol–water partition coefficient (Wildman–Crippen LogP) is 2.84. The fourth-order valence-corrected chi connectivity index (χ4v) is 1.73. The Labute approximate surface area is 103 Å². The van der Waals surface area contributed by atoms with Crippen LogP contribution >= 0.6 is 0 Å². The van der Waals surface area contributed by atoms with E-state index >= 15 is 0 Å². The summed E-state index contributed by atoms with van der Waals surface area (Å²) in [5.41, 5.74) is 2.67. The van der Waals surface area contributed by atoms with Crippen LogP contribution in [-0.4, -0.2) is 19.6 Å². The number of amides is 1. The Morgan fingerprint density at radius 2 is 2.00 bits per heavy atom. The van der Waals surface area contributed by atoms with Crippen LogP contribution in [0, 0.1) is 13.8 Å². The number of hydrogen-bond acceptors (Lipinski definition) is 2. The van der Waals surface area contributed by atoms with Gasteiger partial charge in [0, 0.05) is 12.1 Å². The van der Waals surface area contributed by atoms with Crippen LogP contribution in [0.3, 0.4) is 0 Å². The zero-order valence-electron chi connectivity index (χ0n) is 11.1. The van der Waals surface area contributed by atoms with Crippen molar-refractivity contribution in [2.45, 2.75) is 33.6 Å². The molecular weight excluding hydrogens is 214 g/mol. The van der Waals surface area contributed by atoms with E-state index in [9.17, 15) is 4.79 Å². The molecule has 0 bridgehead atoms. The molecule has 0 aromatic heterocycles. The molecule has 3 heteroatoms. The maximum Gasteiger partial charge on any atom is 0.251 e. The van der Waals surface area contributed by atoms with Gasteiger partial charge in [-0.2, -0.15) is 0 Å². The van der Waals surface area contributed by atoms with Gasteiger partial charge in [0.1, 0.15) is 5.75 Å². The molecule has 3 nitrogen and oxygen atoms in total. The Balaban J connectivity index is 2.83. The minimum Gasteiger partial charge on any atom is -0.496 e. The first-order chi connectivity index (χ1) is 8.10. The van der Waals surface area contributed by atoms with Crippen molar-refractivity contribution < 1.29 is 9.53 Å². The third-order valence-electron chi connectivity index (χ3n) is 2.80. The van der Waals surface area contributed by atoms with Gasteiger partial charge in [0.05, 0.1) is 7.11 Å².